The fourth-order valence-electron chi connectivity index (χ4n) is 5.92. The third kappa shape index (κ3) is 4.72. The molecule has 3 aromatic heterocycles. The van der Waals surface area contributed by atoms with Gasteiger partial charge in [0.15, 0.2) is 9.84 Å². The lowest BCUT2D eigenvalue weighted by molar-refractivity contribution is 0.458. The Bertz CT molecular complexity index is 2110. The van der Waals surface area contributed by atoms with Crippen LogP contribution < -0.4 is 0 Å². The van der Waals surface area contributed by atoms with E-state index in [1.54, 1.807) is 6.07 Å². The van der Waals surface area contributed by atoms with Crippen LogP contribution in [0, 0.1) is 6.92 Å². The standard InChI is InChI=1S/C36H28N4O2S2/c1-25-31(26-18-19-32-30(22-26)35(38-24-37-32)33-20-21-34(43-33)44(2,41)42)23-40(39-25)36(27-12-6-3-7-13-27,28-14-8-4-9-15-28)29-16-10-5-11-17-29/h3-24H,1-2H3. The van der Waals surface area contributed by atoms with Gasteiger partial charge in [-0.3, -0.25) is 4.68 Å². The number of hydrogen-bond donors (Lipinski definition) is 0. The fraction of sp³-hybridized carbons (Fsp3) is 0.0833. The number of aryl methyl sites for hydroxylation is 1. The van der Waals surface area contributed by atoms with Crippen molar-refractivity contribution in [3.05, 3.63) is 156 Å². The normalized spacial score (nSPS) is 12.0. The molecule has 0 bridgehead atoms. The molecular formula is C36H28N4O2S2. The molecule has 0 fully saturated rings. The molecule has 0 amide bonds. The van der Waals surface area contributed by atoms with E-state index in [9.17, 15) is 8.42 Å². The van der Waals surface area contributed by atoms with Crippen LogP contribution in [0.2, 0.25) is 0 Å². The number of fused-ring (bicyclic) bond motifs is 1. The van der Waals surface area contributed by atoms with Gasteiger partial charge in [-0.2, -0.15) is 5.10 Å². The van der Waals surface area contributed by atoms with Crippen LogP contribution in [0.1, 0.15) is 22.4 Å². The molecule has 0 aliphatic rings. The third-order valence-electron chi connectivity index (χ3n) is 7.94. The summed E-state index contributed by atoms with van der Waals surface area (Å²) in [6.45, 7) is 2.03. The van der Waals surface area contributed by atoms with E-state index in [0.717, 1.165) is 49.3 Å². The summed E-state index contributed by atoms with van der Waals surface area (Å²) < 4.78 is 26.8. The summed E-state index contributed by atoms with van der Waals surface area (Å²) in [5, 5.41) is 6.05. The van der Waals surface area contributed by atoms with Crippen LogP contribution >= 0.6 is 11.3 Å². The van der Waals surface area contributed by atoms with Crippen LogP contribution in [0.4, 0.5) is 0 Å². The van der Waals surface area contributed by atoms with Crippen LogP contribution in [-0.2, 0) is 15.4 Å². The Labute approximate surface area is 260 Å². The number of sulfone groups is 1. The molecule has 0 N–H and O–H groups in total. The average molecular weight is 613 g/mol. The van der Waals surface area contributed by atoms with Crippen LogP contribution in [0.3, 0.4) is 0 Å². The first-order chi connectivity index (χ1) is 21.4. The van der Waals surface area contributed by atoms with Gasteiger partial charge in [-0.05, 0) is 53.4 Å². The molecule has 0 aliphatic carbocycles. The molecule has 216 valence electrons. The largest absolute Gasteiger partial charge is 0.252 e. The van der Waals surface area contributed by atoms with E-state index in [-0.39, 0.29) is 0 Å². The zero-order valence-corrected chi connectivity index (χ0v) is 25.8. The topological polar surface area (TPSA) is 77.7 Å². The molecule has 4 aromatic carbocycles. The zero-order chi connectivity index (χ0) is 30.3. The van der Waals surface area contributed by atoms with Crippen molar-refractivity contribution >= 4 is 32.1 Å². The van der Waals surface area contributed by atoms with Gasteiger partial charge in [-0.25, -0.2) is 18.4 Å². The third-order valence-corrected chi connectivity index (χ3v) is 10.9. The maximum atomic E-state index is 12.2. The maximum absolute atomic E-state index is 12.2. The van der Waals surface area contributed by atoms with Crippen molar-refractivity contribution in [3.63, 3.8) is 0 Å². The predicted octanol–water partition coefficient (Wildman–Crippen LogP) is 7.77. The first kappa shape index (κ1) is 27.9. The molecular weight excluding hydrogens is 585 g/mol. The number of thiophene rings is 1. The van der Waals surface area contributed by atoms with Gasteiger partial charge >= 0.3 is 0 Å². The molecule has 0 unspecified atom stereocenters. The van der Waals surface area contributed by atoms with Crippen molar-refractivity contribution in [1.29, 1.82) is 0 Å². The molecule has 0 aliphatic heterocycles. The lowest BCUT2D eigenvalue weighted by Gasteiger charge is -2.36. The summed E-state index contributed by atoms with van der Waals surface area (Å²) in [7, 11) is -3.32. The Morgan fingerprint density at radius 3 is 1.86 bits per heavy atom. The lowest BCUT2D eigenvalue weighted by Crippen LogP contribution is -2.38. The summed E-state index contributed by atoms with van der Waals surface area (Å²) in [5.41, 5.74) is 6.89. The Morgan fingerprint density at radius 2 is 1.32 bits per heavy atom. The summed E-state index contributed by atoms with van der Waals surface area (Å²) >= 11 is 1.22. The number of hydrogen-bond acceptors (Lipinski definition) is 6. The van der Waals surface area contributed by atoms with Crippen molar-refractivity contribution in [3.8, 4) is 21.7 Å². The number of rotatable bonds is 7. The van der Waals surface area contributed by atoms with Gasteiger partial charge in [0.25, 0.3) is 0 Å². The average Bonchev–Trinajstić information content (AvgIpc) is 3.71. The van der Waals surface area contributed by atoms with Crippen LogP contribution in [0.15, 0.2) is 138 Å². The Hall–Kier alpha value is -4.92. The molecule has 0 spiro atoms. The highest BCUT2D eigenvalue weighted by molar-refractivity contribution is 7.92. The summed E-state index contributed by atoms with van der Waals surface area (Å²) in [5.74, 6) is 0. The predicted molar refractivity (Wildman–Crippen MR) is 177 cm³/mol. The van der Waals surface area contributed by atoms with Crippen molar-refractivity contribution in [1.82, 2.24) is 19.7 Å². The van der Waals surface area contributed by atoms with Gasteiger partial charge < -0.3 is 0 Å². The molecule has 7 rings (SSSR count). The number of aromatic nitrogens is 4. The van der Waals surface area contributed by atoms with Gasteiger partial charge in [0.05, 0.1) is 21.8 Å². The highest BCUT2D eigenvalue weighted by Crippen LogP contribution is 2.42. The molecule has 44 heavy (non-hydrogen) atoms. The molecule has 3 heterocycles. The van der Waals surface area contributed by atoms with E-state index < -0.39 is 15.4 Å². The Balaban J connectivity index is 1.44. The molecule has 0 atom stereocenters. The van der Waals surface area contributed by atoms with Gasteiger partial charge in [0, 0.05) is 23.4 Å². The maximum Gasteiger partial charge on any atom is 0.184 e. The van der Waals surface area contributed by atoms with Gasteiger partial charge in [-0.1, -0.05) is 97.1 Å². The molecule has 0 radical (unpaired) electrons. The van der Waals surface area contributed by atoms with Crippen molar-refractivity contribution < 1.29 is 8.42 Å². The van der Waals surface area contributed by atoms with E-state index in [4.69, 9.17) is 5.10 Å². The first-order valence-corrected chi connectivity index (χ1v) is 16.9. The Morgan fingerprint density at radius 1 is 0.727 bits per heavy atom. The molecule has 6 nitrogen and oxygen atoms in total. The first-order valence-electron chi connectivity index (χ1n) is 14.1. The highest BCUT2D eigenvalue weighted by atomic mass is 32.2. The monoisotopic (exact) mass is 612 g/mol. The van der Waals surface area contributed by atoms with Gasteiger partial charge in [0.1, 0.15) is 16.1 Å². The molecule has 8 heteroatoms. The molecule has 0 saturated carbocycles. The van der Waals surface area contributed by atoms with Gasteiger partial charge in [-0.15, -0.1) is 11.3 Å². The fourth-order valence-corrected chi connectivity index (χ4v) is 7.86. The molecule has 7 aromatic rings. The minimum atomic E-state index is -3.32. The van der Waals surface area contributed by atoms with Crippen molar-refractivity contribution in [2.75, 3.05) is 6.26 Å². The quantitative estimate of drug-likeness (QED) is 0.172. The summed E-state index contributed by atoms with van der Waals surface area (Å²) in [6, 6.07) is 41.0. The van der Waals surface area contributed by atoms with Crippen molar-refractivity contribution in [2.24, 2.45) is 0 Å². The summed E-state index contributed by atoms with van der Waals surface area (Å²) in [4.78, 5) is 9.85. The minimum absolute atomic E-state index is 0.312. The van der Waals surface area contributed by atoms with E-state index in [2.05, 4.69) is 106 Å². The zero-order valence-electron chi connectivity index (χ0n) is 24.1. The molecule has 0 saturated heterocycles. The second-order valence-corrected chi connectivity index (χ2v) is 14.1. The summed E-state index contributed by atoms with van der Waals surface area (Å²) in [6.07, 6.45) is 4.87. The number of benzene rings is 4. The van der Waals surface area contributed by atoms with E-state index in [1.165, 1.54) is 23.9 Å². The van der Waals surface area contributed by atoms with E-state index in [0.29, 0.717) is 9.90 Å². The Kier molecular flexibility index (Phi) is 6.95. The van der Waals surface area contributed by atoms with Crippen LogP contribution in [0.25, 0.3) is 32.6 Å². The van der Waals surface area contributed by atoms with Crippen LogP contribution in [-0.4, -0.2) is 34.4 Å². The number of nitrogens with zero attached hydrogens (tertiary/aromatic N) is 4. The van der Waals surface area contributed by atoms with Gasteiger partial charge in [0.2, 0.25) is 0 Å². The van der Waals surface area contributed by atoms with E-state index >= 15 is 0 Å². The smallest absolute Gasteiger partial charge is 0.184 e. The second-order valence-electron chi connectivity index (χ2n) is 10.7. The lowest BCUT2D eigenvalue weighted by atomic mass is 9.77. The SMILES string of the molecule is Cc1nn(C(c2ccccc2)(c2ccccc2)c2ccccc2)cc1-c1ccc2ncnc(-c3ccc(S(C)(=O)=O)s3)c2c1. The van der Waals surface area contributed by atoms with Crippen molar-refractivity contribution in [2.45, 2.75) is 16.7 Å². The second kappa shape index (κ2) is 11.0. The van der Waals surface area contributed by atoms with E-state index in [1.807, 2.05) is 37.3 Å². The minimum Gasteiger partial charge on any atom is -0.252 e. The highest BCUT2D eigenvalue weighted by Gasteiger charge is 2.39. The van der Waals surface area contributed by atoms with Crippen LogP contribution in [0.5, 0.6) is 0 Å².